The van der Waals surface area contributed by atoms with Crippen molar-refractivity contribution < 1.29 is 8.42 Å². The number of sulfone groups is 1. The molecule has 25 heavy (non-hydrogen) atoms. The second kappa shape index (κ2) is 5.03. The third-order valence-electron chi connectivity index (χ3n) is 4.19. The summed E-state index contributed by atoms with van der Waals surface area (Å²) in [6.45, 7) is 1.86. The third kappa shape index (κ3) is 2.19. The Hall–Kier alpha value is -2.94. The SMILES string of the molecule is Cc1c(-c2ccccc2)[nH]n2c1nc(=O)c1nc(S(C)(=O)=O)n(C)c12. The van der Waals surface area contributed by atoms with Gasteiger partial charge in [0.2, 0.25) is 15.0 Å². The van der Waals surface area contributed by atoms with E-state index >= 15 is 0 Å². The Morgan fingerprint density at radius 1 is 1.12 bits per heavy atom. The lowest BCUT2D eigenvalue weighted by Crippen LogP contribution is -2.11. The maximum absolute atomic E-state index is 12.4. The third-order valence-corrected chi connectivity index (χ3v) is 5.21. The number of rotatable bonds is 2. The summed E-state index contributed by atoms with van der Waals surface area (Å²) in [7, 11) is -2.01. The predicted octanol–water partition coefficient (Wildman–Crippen LogP) is 1.29. The van der Waals surface area contributed by atoms with Crippen LogP contribution in [0.2, 0.25) is 0 Å². The highest BCUT2D eigenvalue weighted by Gasteiger charge is 2.23. The van der Waals surface area contributed by atoms with Crippen LogP contribution in [0.15, 0.2) is 40.3 Å². The van der Waals surface area contributed by atoms with Crippen molar-refractivity contribution >= 4 is 26.6 Å². The van der Waals surface area contributed by atoms with Crippen LogP contribution in [0.4, 0.5) is 0 Å². The highest BCUT2D eigenvalue weighted by atomic mass is 32.2. The van der Waals surface area contributed by atoms with Crippen molar-refractivity contribution in [3.05, 3.63) is 46.2 Å². The standard InChI is InChI=1S/C16H15N5O3S/c1-9-11(10-7-5-4-6-8-10)19-21-13(9)18-14(22)12-15(21)20(2)16(17-12)25(3,23)24/h4-8,19H,1-3H3. The number of aromatic nitrogens is 5. The zero-order valence-electron chi connectivity index (χ0n) is 13.8. The fourth-order valence-electron chi connectivity index (χ4n) is 3.05. The van der Waals surface area contributed by atoms with E-state index in [0.717, 1.165) is 23.1 Å². The fourth-order valence-corrected chi connectivity index (χ4v) is 3.89. The average Bonchev–Trinajstić information content (AvgIpc) is 3.07. The molecule has 3 aromatic heterocycles. The van der Waals surface area contributed by atoms with Gasteiger partial charge in [0, 0.05) is 18.9 Å². The van der Waals surface area contributed by atoms with Gasteiger partial charge >= 0.3 is 5.56 Å². The van der Waals surface area contributed by atoms with Crippen molar-refractivity contribution in [3.63, 3.8) is 0 Å². The smallest absolute Gasteiger partial charge is 0.301 e. The number of nitrogens with zero attached hydrogens (tertiary/aromatic N) is 4. The molecule has 0 radical (unpaired) electrons. The number of nitrogens with one attached hydrogen (secondary N) is 1. The first kappa shape index (κ1) is 15.6. The summed E-state index contributed by atoms with van der Waals surface area (Å²) in [4.78, 5) is 20.5. The molecule has 0 saturated carbocycles. The molecular formula is C16H15N5O3S. The second-order valence-electron chi connectivity index (χ2n) is 5.95. The lowest BCUT2D eigenvalue weighted by atomic mass is 10.1. The maximum Gasteiger partial charge on any atom is 0.301 e. The summed E-state index contributed by atoms with van der Waals surface area (Å²) in [5.41, 5.74) is 2.81. The normalized spacial score (nSPS) is 12.3. The van der Waals surface area contributed by atoms with Crippen molar-refractivity contribution in [1.29, 1.82) is 0 Å². The van der Waals surface area contributed by atoms with Gasteiger partial charge in [-0.3, -0.25) is 9.89 Å². The summed E-state index contributed by atoms with van der Waals surface area (Å²) < 4.78 is 26.9. The number of H-pyrrole nitrogens is 1. The van der Waals surface area contributed by atoms with E-state index in [1.807, 2.05) is 37.3 Å². The topological polar surface area (TPSA) is 102 Å². The molecule has 0 aliphatic heterocycles. The van der Waals surface area contributed by atoms with E-state index in [4.69, 9.17) is 0 Å². The van der Waals surface area contributed by atoms with Gasteiger partial charge in [-0.2, -0.15) is 4.98 Å². The minimum atomic E-state index is -3.58. The van der Waals surface area contributed by atoms with Crippen LogP contribution < -0.4 is 5.56 Å². The van der Waals surface area contributed by atoms with E-state index in [9.17, 15) is 13.2 Å². The minimum absolute atomic E-state index is 0.0151. The van der Waals surface area contributed by atoms with Gasteiger partial charge in [0.05, 0.1) is 5.69 Å². The van der Waals surface area contributed by atoms with Gasteiger partial charge in [-0.15, -0.1) is 0 Å². The van der Waals surface area contributed by atoms with Crippen LogP contribution in [0, 0.1) is 6.92 Å². The number of benzene rings is 1. The molecule has 1 N–H and O–H groups in total. The van der Waals surface area contributed by atoms with E-state index < -0.39 is 15.4 Å². The van der Waals surface area contributed by atoms with Crippen LogP contribution in [0.5, 0.6) is 0 Å². The van der Waals surface area contributed by atoms with Gasteiger partial charge in [-0.25, -0.2) is 17.9 Å². The Morgan fingerprint density at radius 2 is 1.80 bits per heavy atom. The fraction of sp³-hybridized carbons (Fsp3) is 0.188. The van der Waals surface area contributed by atoms with E-state index in [1.165, 1.54) is 4.57 Å². The number of hydrogen-bond acceptors (Lipinski definition) is 5. The quantitative estimate of drug-likeness (QED) is 0.582. The molecule has 128 valence electrons. The van der Waals surface area contributed by atoms with E-state index in [-0.39, 0.29) is 10.7 Å². The van der Waals surface area contributed by atoms with Crippen LogP contribution in [0.25, 0.3) is 28.1 Å². The Bertz CT molecular complexity index is 1300. The second-order valence-corrected chi connectivity index (χ2v) is 7.86. The average molecular weight is 357 g/mol. The molecule has 0 bridgehead atoms. The summed E-state index contributed by atoms with van der Waals surface area (Å²) in [6.07, 6.45) is 1.06. The first-order chi connectivity index (χ1) is 11.8. The van der Waals surface area contributed by atoms with Gasteiger partial charge in [0.15, 0.2) is 16.8 Å². The van der Waals surface area contributed by atoms with E-state index in [1.54, 1.807) is 11.6 Å². The Morgan fingerprint density at radius 3 is 2.44 bits per heavy atom. The molecular weight excluding hydrogens is 342 g/mol. The Labute approximate surface area is 142 Å². The van der Waals surface area contributed by atoms with Crippen molar-refractivity contribution in [2.24, 2.45) is 7.05 Å². The van der Waals surface area contributed by atoms with Crippen molar-refractivity contribution in [2.75, 3.05) is 6.26 Å². The first-order valence-corrected chi connectivity index (χ1v) is 9.41. The molecule has 1 aromatic carbocycles. The van der Waals surface area contributed by atoms with Gasteiger partial charge in [-0.1, -0.05) is 30.3 Å². The van der Waals surface area contributed by atoms with Gasteiger partial charge in [0.1, 0.15) is 0 Å². The lowest BCUT2D eigenvalue weighted by Gasteiger charge is -2.01. The molecule has 0 fully saturated rings. The molecule has 0 aliphatic rings. The molecule has 0 atom stereocenters. The first-order valence-electron chi connectivity index (χ1n) is 7.52. The molecule has 3 heterocycles. The number of imidazole rings is 1. The summed E-state index contributed by atoms with van der Waals surface area (Å²) in [5, 5.41) is 3.04. The predicted molar refractivity (Wildman–Crippen MR) is 93.4 cm³/mol. The Balaban J connectivity index is 2.18. The summed E-state index contributed by atoms with van der Waals surface area (Å²) in [6, 6.07) is 9.63. The van der Waals surface area contributed by atoms with Crippen LogP contribution in [0.1, 0.15) is 5.56 Å². The molecule has 0 saturated heterocycles. The number of aryl methyl sites for hydroxylation is 2. The summed E-state index contributed by atoms with van der Waals surface area (Å²) >= 11 is 0. The van der Waals surface area contributed by atoms with Gasteiger partial charge in [-0.05, 0) is 12.5 Å². The zero-order valence-corrected chi connectivity index (χ0v) is 14.6. The molecule has 0 unspecified atom stereocenters. The highest BCUT2D eigenvalue weighted by molar-refractivity contribution is 7.90. The monoisotopic (exact) mass is 357 g/mol. The molecule has 9 heteroatoms. The minimum Gasteiger partial charge on any atom is -0.302 e. The van der Waals surface area contributed by atoms with Gasteiger partial charge < -0.3 is 4.57 Å². The highest BCUT2D eigenvalue weighted by Crippen LogP contribution is 2.26. The molecule has 0 spiro atoms. The van der Waals surface area contributed by atoms with Crippen LogP contribution in [-0.2, 0) is 16.9 Å². The lowest BCUT2D eigenvalue weighted by molar-refractivity contribution is 0.586. The van der Waals surface area contributed by atoms with Crippen molar-refractivity contribution in [1.82, 2.24) is 24.1 Å². The summed E-state index contributed by atoms with van der Waals surface area (Å²) in [5.74, 6) is 0. The van der Waals surface area contributed by atoms with Crippen LogP contribution >= 0.6 is 0 Å². The molecule has 4 aromatic rings. The number of fused-ring (bicyclic) bond motifs is 3. The maximum atomic E-state index is 12.4. The van der Waals surface area contributed by atoms with Crippen LogP contribution in [-0.4, -0.2) is 38.8 Å². The molecule has 0 amide bonds. The molecule has 0 aliphatic carbocycles. The molecule has 4 rings (SSSR count). The van der Waals surface area contributed by atoms with Gasteiger partial charge in [0.25, 0.3) is 0 Å². The van der Waals surface area contributed by atoms with Crippen LogP contribution in [0.3, 0.4) is 0 Å². The number of aromatic amines is 1. The Kier molecular flexibility index (Phi) is 3.13. The number of hydrogen-bond donors (Lipinski definition) is 1. The van der Waals surface area contributed by atoms with E-state index in [0.29, 0.717) is 11.3 Å². The van der Waals surface area contributed by atoms with Crippen molar-refractivity contribution in [2.45, 2.75) is 12.1 Å². The van der Waals surface area contributed by atoms with Crippen molar-refractivity contribution in [3.8, 4) is 11.3 Å². The van der Waals surface area contributed by atoms with E-state index in [2.05, 4.69) is 15.1 Å². The zero-order chi connectivity index (χ0) is 17.9. The molecule has 8 nitrogen and oxygen atoms in total. The largest absolute Gasteiger partial charge is 0.302 e.